The van der Waals surface area contributed by atoms with Crippen LogP contribution in [0.5, 0.6) is 0 Å². The van der Waals surface area contributed by atoms with E-state index >= 15 is 0 Å². The molecule has 0 saturated carbocycles. The third-order valence-corrected chi connectivity index (χ3v) is 3.38. The fourth-order valence-corrected chi connectivity index (χ4v) is 2.16. The van der Waals surface area contributed by atoms with Gasteiger partial charge in [-0.05, 0) is 17.0 Å². The van der Waals surface area contributed by atoms with E-state index in [0.717, 1.165) is 10.4 Å². The lowest BCUT2D eigenvalue weighted by molar-refractivity contribution is -0.139. The summed E-state index contributed by atoms with van der Waals surface area (Å²) in [5, 5.41) is 7.09. The van der Waals surface area contributed by atoms with Gasteiger partial charge in [-0.25, -0.2) is 0 Å². The molecule has 5 heteroatoms. The molecule has 1 aromatic carbocycles. The van der Waals surface area contributed by atoms with E-state index in [4.69, 9.17) is 0 Å². The van der Waals surface area contributed by atoms with Crippen molar-refractivity contribution in [2.24, 2.45) is 0 Å². The van der Waals surface area contributed by atoms with Gasteiger partial charge in [-0.15, -0.1) is 11.3 Å². The van der Waals surface area contributed by atoms with E-state index in [1.54, 1.807) is 11.3 Å². The van der Waals surface area contributed by atoms with Gasteiger partial charge in [-0.2, -0.15) is 0 Å². The normalized spacial score (nSPS) is 9.89. The lowest BCUT2D eigenvalue weighted by atomic mass is 10.2. The van der Waals surface area contributed by atoms with Crippen LogP contribution >= 0.6 is 11.3 Å². The van der Waals surface area contributed by atoms with Gasteiger partial charge in [-0.3, -0.25) is 9.59 Å². The molecule has 0 spiro atoms. The van der Waals surface area contributed by atoms with Crippen molar-refractivity contribution < 1.29 is 9.59 Å². The SMILES string of the molecule is O=C(NCc1ccccc1)C(=O)NCc1cccs1. The summed E-state index contributed by atoms with van der Waals surface area (Å²) in [5.41, 5.74) is 0.960. The van der Waals surface area contributed by atoms with Crippen molar-refractivity contribution in [3.8, 4) is 0 Å². The van der Waals surface area contributed by atoms with Crippen LogP contribution in [0.15, 0.2) is 47.8 Å². The zero-order valence-corrected chi connectivity index (χ0v) is 11.1. The minimum Gasteiger partial charge on any atom is -0.344 e. The second kappa shape index (κ2) is 6.70. The Morgan fingerprint density at radius 2 is 1.58 bits per heavy atom. The molecule has 98 valence electrons. The number of nitrogens with one attached hydrogen (secondary N) is 2. The Morgan fingerprint density at radius 1 is 0.895 bits per heavy atom. The Hall–Kier alpha value is -2.14. The molecule has 1 aromatic heterocycles. The Balaban J connectivity index is 1.75. The van der Waals surface area contributed by atoms with Crippen LogP contribution in [-0.2, 0) is 22.7 Å². The summed E-state index contributed by atoms with van der Waals surface area (Å²) in [6, 6.07) is 13.3. The minimum absolute atomic E-state index is 0.353. The highest BCUT2D eigenvalue weighted by molar-refractivity contribution is 7.09. The number of hydrogen-bond donors (Lipinski definition) is 2. The molecule has 2 amide bonds. The monoisotopic (exact) mass is 274 g/mol. The minimum atomic E-state index is -0.611. The van der Waals surface area contributed by atoms with Crippen molar-refractivity contribution in [2.75, 3.05) is 0 Å². The summed E-state index contributed by atoms with van der Waals surface area (Å²) in [7, 11) is 0. The van der Waals surface area contributed by atoms with Crippen molar-refractivity contribution in [1.82, 2.24) is 10.6 Å². The molecule has 0 aliphatic rings. The molecule has 0 aliphatic carbocycles. The number of thiophene rings is 1. The van der Waals surface area contributed by atoms with Crippen molar-refractivity contribution >= 4 is 23.2 Å². The van der Waals surface area contributed by atoms with Crippen molar-refractivity contribution in [3.63, 3.8) is 0 Å². The molecule has 2 aromatic rings. The highest BCUT2D eigenvalue weighted by Crippen LogP contribution is 2.07. The van der Waals surface area contributed by atoms with Crippen LogP contribution in [0.4, 0.5) is 0 Å². The van der Waals surface area contributed by atoms with Gasteiger partial charge in [0.25, 0.3) is 0 Å². The average Bonchev–Trinajstić information content (AvgIpc) is 2.96. The van der Waals surface area contributed by atoms with Crippen LogP contribution in [-0.4, -0.2) is 11.8 Å². The summed E-state index contributed by atoms with van der Waals surface area (Å²) in [6.45, 7) is 0.737. The molecule has 19 heavy (non-hydrogen) atoms. The van der Waals surface area contributed by atoms with Crippen LogP contribution in [0.3, 0.4) is 0 Å². The van der Waals surface area contributed by atoms with Gasteiger partial charge < -0.3 is 10.6 Å². The topological polar surface area (TPSA) is 58.2 Å². The second-order valence-corrected chi connectivity index (χ2v) is 4.96. The first-order chi connectivity index (χ1) is 9.25. The van der Waals surface area contributed by atoms with Crippen LogP contribution in [0, 0.1) is 0 Å². The molecular weight excluding hydrogens is 260 g/mol. The van der Waals surface area contributed by atoms with Crippen LogP contribution in [0.25, 0.3) is 0 Å². The maximum atomic E-state index is 11.6. The number of carbonyl (C=O) groups excluding carboxylic acids is 2. The fourth-order valence-electron chi connectivity index (χ4n) is 1.52. The zero-order valence-electron chi connectivity index (χ0n) is 10.3. The van der Waals surface area contributed by atoms with Gasteiger partial charge in [0.1, 0.15) is 0 Å². The standard InChI is InChI=1S/C14H14N2O2S/c17-13(15-9-11-5-2-1-3-6-11)14(18)16-10-12-7-4-8-19-12/h1-8H,9-10H2,(H,15,17)(H,16,18). The van der Waals surface area contributed by atoms with Gasteiger partial charge in [0.15, 0.2) is 0 Å². The molecule has 0 saturated heterocycles. The van der Waals surface area contributed by atoms with E-state index < -0.39 is 11.8 Å². The highest BCUT2D eigenvalue weighted by Gasteiger charge is 2.12. The van der Waals surface area contributed by atoms with E-state index in [1.165, 1.54) is 0 Å². The predicted molar refractivity (Wildman–Crippen MR) is 74.5 cm³/mol. The number of rotatable bonds is 4. The molecule has 2 rings (SSSR count). The first-order valence-electron chi connectivity index (χ1n) is 5.88. The van der Waals surface area contributed by atoms with E-state index in [-0.39, 0.29) is 0 Å². The quantitative estimate of drug-likeness (QED) is 0.833. The molecule has 0 unspecified atom stereocenters. The maximum absolute atomic E-state index is 11.6. The Labute approximate surface area is 115 Å². The fraction of sp³-hybridized carbons (Fsp3) is 0.143. The molecule has 4 nitrogen and oxygen atoms in total. The highest BCUT2D eigenvalue weighted by atomic mass is 32.1. The molecular formula is C14H14N2O2S. The molecule has 2 N–H and O–H groups in total. The van der Waals surface area contributed by atoms with Crippen molar-refractivity contribution in [3.05, 3.63) is 58.3 Å². The Bertz CT molecular complexity index is 538. The Kier molecular flexibility index (Phi) is 4.69. The van der Waals surface area contributed by atoms with Gasteiger partial charge in [-0.1, -0.05) is 36.4 Å². The van der Waals surface area contributed by atoms with E-state index in [0.29, 0.717) is 13.1 Å². The number of hydrogen-bond acceptors (Lipinski definition) is 3. The second-order valence-electron chi connectivity index (χ2n) is 3.93. The molecule has 0 atom stereocenters. The summed E-state index contributed by atoms with van der Waals surface area (Å²) in [6.07, 6.45) is 0. The lowest BCUT2D eigenvalue weighted by Crippen LogP contribution is -2.39. The van der Waals surface area contributed by atoms with Crippen molar-refractivity contribution in [1.29, 1.82) is 0 Å². The van der Waals surface area contributed by atoms with E-state index in [9.17, 15) is 9.59 Å². The summed E-state index contributed by atoms with van der Waals surface area (Å²) in [5.74, 6) is -1.22. The average molecular weight is 274 g/mol. The van der Waals surface area contributed by atoms with Gasteiger partial charge >= 0.3 is 11.8 Å². The molecule has 0 radical (unpaired) electrons. The Morgan fingerprint density at radius 3 is 2.21 bits per heavy atom. The third-order valence-electron chi connectivity index (χ3n) is 2.51. The number of benzene rings is 1. The summed E-state index contributed by atoms with van der Waals surface area (Å²) in [4.78, 5) is 24.1. The predicted octanol–water partition coefficient (Wildman–Crippen LogP) is 1.68. The maximum Gasteiger partial charge on any atom is 0.309 e. The van der Waals surface area contributed by atoms with Gasteiger partial charge in [0.05, 0.1) is 6.54 Å². The van der Waals surface area contributed by atoms with E-state index in [2.05, 4.69) is 10.6 Å². The van der Waals surface area contributed by atoms with E-state index in [1.807, 2.05) is 47.8 Å². The molecule has 0 bridgehead atoms. The smallest absolute Gasteiger partial charge is 0.309 e. The number of carbonyl (C=O) groups is 2. The molecule has 1 heterocycles. The van der Waals surface area contributed by atoms with Gasteiger partial charge in [0, 0.05) is 11.4 Å². The van der Waals surface area contributed by atoms with Crippen LogP contribution in [0.2, 0.25) is 0 Å². The third kappa shape index (κ3) is 4.22. The molecule has 0 fully saturated rings. The van der Waals surface area contributed by atoms with Gasteiger partial charge in [0.2, 0.25) is 0 Å². The first-order valence-corrected chi connectivity index (χ1v) is 6.76. The largest absolute Gasteiger partial charge is 0.344 e. The lowest BCUT2D eigenvalue weighted by Gasteiger charge is -2.05. The zero-order chi connectivity index (χ0) is 13.5. The number of amides is 2. The summed E-state index contributed by atoms with van der Waals surface area (Å²) < 4.78 is 0. The van der Waals surface area contributed by atoms with Crippen molar-refractivity contribution in [2.45, 2.75) is 13.1 Å². The van der Waals surface area contributed by atoms with Crippen LogP contribution < -0.4 is 10.6 Å². The summed E-state index contributed by atoms with van der Waals surface area (Å²) >= 11 is 1.54. The first kappa shape index (κ1) is 13.3. The van der Waals surface area contributed by atoms with Crippen LogP contribution in [0.1, 0.15) is 10.4 Å². The molecule has 0 aliphatic heterocycles.